The average Bonchev–Trinajstić information content (AvgIpc) is 2.36. The van der Waals surface area contributed by atoms with Gasteiger partial charge in [0, 0.05) is 0 Å². The topological polar surface area (TPSA) is 35.5 Å². The van der Waals surface area contributed by atoms with E-state index in [4.69, 9.17) is 4.74 Å². The second-order valence-corrected chi connectivity index (χ2v) is 7.32. The summed E-state index contributed by atoms with van der Waals surface area (Å²) in [6.45, 7) is 11.7. The number of esters is 1. The molecule has 0 heterocycles. The Kier molecular flexibility index (Phi) is 5.82. The summed E-state index contributed by atoms with van der Waals surface area (Å²) in [4.78, 5) is 11.0. The first kappa shape index (κ1) is 17.5. The Hall–Kier alpha value is -1.51. The number of hydrogen-bond donors (Lipinski definition) is 0. The number of methoxy groups -OCH3 is 1. The second kappa shape index (κ2) is 6.97. The van der Waals surface area contributed by atoms with Crippen LogP contribution in [0.2, 0.25) is 0 Å². The number of benzene rings is 1. The third kappa shape index (κ3) is 6.19. The maximum Gasteiger partial charge on any atom is 0.308 e. The van der Waals surface area contributed by atoms with Gasteiger partial charge in [0.05, 0.1) is 20.1 Å². The van der Waals surface area contributed by atoms with Gasteiger partial charge in [-0.25, -0.2) is 0 Å². The molecule has 3 nitrogen and oxygen atoms in total. The van der Waals surface area contributed by atoms with E-state index >= 15 is 0 Å². The smallest absolute Gasteiger partial charge is 0.308 e. The average molecular weight is 292 g/mol. The summed E-state index contributed by atoms with van der Waals surface area (Å²) in [6, 6.07) is 8.16. The molecule has 0 atom stereocenters. The highest BCUT2D eigenvalue weighted by molar-refractivity contribution is 5.69. The fourth-order valence-corrected chi connectivity index (χ4v) is 2.78. The van der Waals surface area contributed by atoms with Crippen molar-refractivity contribution in [2.75, 3.05) is 13.7 Å². The molecule has 0 aliphatic carbocycles. The molecule has 0 spiro atoms. The zero-order valence-corrected chi connectivity index (χ0v) is 14.2. The molecule has 1 aromatic carbocycles. The van der Waals surface area contributed by atoms with Crippen molar-refractivity contribution < 1.29 is 14.3 Å². The van der Waals surface area contributed by atoms with Crippen LogP contribution in [0.1, 0.15) is 53.0 Å². The molecular weight excluding hydrogens is 264 g/mol. The van der Waals surface area contributed by atoms with Crippen LogP contribution in [0.25, 0.3) is 0 Å². The van der Waals surface area contributed by atoms with Gasteiger partial charge in [-0.05, 0) is 34.9 Å². The van der Waals surface area contributed by atoms with Gasteiger partial charge in [0.25, 0.3) is 0 Å². The van der Waals surface area contributed by atoms with Crippen molar-refractivity contribution in [3.05, 3.63) is 29.8 Å². The third-order valence-corrected chi connectivity index (χ3v) is 3.41. The molecule has 0 N–H and O–H groups in total. The van der Waals surface area contributed by atoms with Crippen LogP contribution in [0.15, 0.2) is 24.3 Å². The Labute approximate surface area is 128 Å². The highest BCUT2D eigenvalue weighted by atomic mass is 16.5. The van der Waals surface area contributed by atoms with Gasteiger partial charge >= 0.3 is 5.97 Å². The van der Waals surface area contributed by atoms with E-state index in [2.05, 4.69) is 51.5 Å². The van der Waals surface area contributed by atoms with Crippen molar-refractivity contribution in [3.8, 4) is 5.75 Å². The molecule has 0 fully saturated rings. The lowest BCUT2D eigenvalue weighted by molar-refractivity contribution is -0.141. The van der Waals surface area contributed by atoms with Crippen LogP contribution >= 0.6 is 0 Å². The summed E-state index contributed by atoms with van der Waals surface area (Å²) in [5, 5.41) is 0. The summed E-state index contributed by atoms with van der Waals surface area (Å²) in [5.74, 6) is 0.534. The summed E-state index contributed by atoms with van der Waals surface area (Å²) in [7, 11) is 1.38. The molecule has 21 heavy (non-hydrogen) atoms. The summed E-state index contributed by atoms with van der Waals surface area (Å²) in [6.07, 6.45) is 1.39. The molecule has 1 aromatic rings. The van der Waals surface area contributed by atoms with E-state index in [-0.39, 0.29) is 17.8 Å². The van der Waals surface area contributed by atoms with Crippen molar-refractivity contribution in [2.45, 2.75) is 52.9 Å². The highest BCUT2D eigenvalue weighted by Crippen LogP contribution is 2.36. The van der Waals surface area contributed by atoms with Gasteiger partial charge in [-0.15, -0.1) is 0 Å². The molecule has 0 saturated carbocycles. The first-order valence-corrected chi connectivity index (χ1v) is 7.44. The van der Waals surface area contributed by atoms with E-state index in [9.17, 15) is 4.79 Å². The zero-order chi connectivity index (χ0) is 16.1. The quantitative estimate of drug-likeness (QED) is 0.732. The maximum atomic E-state index is 11.0. The van der Waals surface area contributed by atoms with E-state index in [1.165, 1.54) is 12.7 Å². The molecule has 0 aliphatic rings. The first-order valence-electron chi connectivity index (χ1n) is 7.44. The normalized spacial score (nSPS) is 12.1. The van der Waals surface area contributed by atoms with Crippen LogP contribution in [-0.4, -0.2) is 19.7 Å². The number of ether oxygens (including phenoxy) is 2. The van der Waals surface area contributed by atoms with Gasteiger partial charge in [0.15, 0.2) is 0 Å². The second-order valence-electron chi connectivity index (χ2n) is 7.32. The Morgan fingerprint density at radius 1 is 1.05 bits per heavy atom. The minimum Gasteiger partial charge on any atom is -0.493 e. The van der Waals surface area contributed by atoms with Crippen molar-refractivity contribution in [2.24, 2.45) is 5.41 Å². The molecule has 3 heteroatoms. The standard InChI is InChI=1S/C18H28O3/c1-17(2,3)13-18(4,5)14-7-9-15(10-8-14)21-12-11-16(19)20-6/h7-10H,11-13H2,1-6H3. The summed E-state index contributed by atoms with van der Waals surface area (Å²) >= 11 is 0. The van der Waals surface area contributed by atoms with E-state index in [1.807, 2.05) is 12.1 Å². The molecule has 0 aromatic heterocycles. The Balaban J connectivity index is 2.63. The number of hydrogen-bond acceptors (Lipinski definition) is 3. The first-order chi connectivity index (χ1) is 9.64. The molecule has 0 bridgehead atoms. The zero-order valence-electron chi connectivity index (χ0n) is 14.2. The van der Waals surface area contributed by atoms with Gasteiger partial charge in [-0.1, -0.05) is 46.8 Å². The van der Waals surface area contributed by atoms with E-state index in [1.54, 1.807) is 0 Å². The SMILES string of the molecule is COC(=O)CCOc1ccc(C(C)(C)CC(C)(C)C)cc1. The molecule has 0 aliphatic heterocycles. The van der Waals surface area contributed by atoms with Crippen LogP contribution in [0.4, 0.5) is 0 Å². The van der Waals surface area contributed by atoms with Crippen molar-refractivity contribution in [3.63, 3.8) is 0 Å². The van der Waals surface area contributed by atoms with Crippen LogP contribution in [0.5, 0.6) is 5.75 Å². The fourth-order valence-electron chi connectivity index (χ4n) is 2.78. The Morgan fingerprint density at radius 2 is 1.62 bits per heavy atom. The minimum atomic E-state index is -0.252. The lowest BCUT2D eigenvalue weighted by Gasteiger charge is -2.33. The number of carbonyl (C=O) groups is 1. The van der Waals surface area contributed by atoms with Gasteiger partial charge in [-0.2, -0.15) is 0 Å². The maximum absolute atomic E-state index is 11.0. The Morgan fingerprint density at radius 3 is 2.10 bits per heavy atom. The fraction of sp³-hybridized carbons (Fsp3) is 0.611. The van der Waals surface area contributed by atoms with Crippen molar-refractivity contribution in [1.82, 2.24) is 0 Å². The molecule has 0 radical (unpaired) electrons. The third-order valence-electron chi connectivity index (χ3n) is 3.41. The predicted molar refractivity (Wildman–Crippen MR) is 85.7 cm³/mol. The van der Waals surface area contributed by atoms with Crippen LogP contribution in [0, 0.1) is 5.41 Å². The molecule has 0 unspecified atom stereocenters. The van der Waals surface area contributed by atoms with Gasteiger partial charge in [-0.3, -0.25) is 4.79 Å². The Bertz CT molecular complexity index is 452. The minimum absolute atomic E-state index is 0.128. The number of carbonyl (C=O) groups excluding carboxylic acids is 1. The van der Waals surface area contributed by atoms with Gasteiger partial charge in [0.1, 0.15) is 5.75 Å². The van der Waals surface area contributed by atoms with E-state index < -0.39 is 0 Å². The van der Waals surface area contributed by atoms with Gasteiger partial charge in [0.2, 0.25) is 0 Å². The largest absolute Gasteiger partial charge is 0.493 e. The molecular formula is C18H28O3. The lowest BCUT2D eigenvalue weighted by atomic mass is 9.72. The molecule has 118 valence electrons. The summed E-state index contributed by atoms with van der Waals surface area (Å²) in [5.41, 5.74) is 1.72. The molecule has 0 amide bonds. The van der Waals surface area contributed by atoms with Crippen LogP contribution < -0.4 is 4.74 Å². The van der Waals surface area contributed by atoms with Crippen LogP contribution in [0.3, 0.4) is 0 Å². The van der Waals surface area contributed by atoms with Crippen molar-refractivity contribution >= 4 is 5.97 Å². The highest BCUT2D eigenvalue weighted by Gasteiger charge is 2.27. The van der Waals surface area contributed by atoms with Gasteiger partial charge < -0.3 is 9.47 Å². The van der Waals surface area contributed by atoms with E-state index in [0.717, 1.165) is 12.2 Å². The monoisotopic (exact) mass is 292 g/mol. The predicted octanol–water partition coefficient (Wildman–Crippen LogP) is 4.34. The lowest BCUT2D eigenvalue weighted by Crippen LogP contribution is -2.24. The number of rotatable bonds is 6. The van der Waals surface area contributed by atoms with E-state index in [0.29, 0.717) is 12.0 Å². The summed E-state index contributed by atoms with van der Waals surface area (Å²) < 4.78 is 10.1. The van der Waals surface area contributed by atoms with Crippen LogP contribution in [-0.2, 0) is 14.9 Å². The molecule has 0 saturated heterocycles. The molecule has 1 rings (SSSR count). The van der Waals surface area contributed by atoms with Crippen molar-refractivity contribution in [1.29, 1.82) is 0 Å².